The van der Waals surface area contributed by atoms with E-state index in [-0.39, 0.29) is 23.5 Å². The van der Waals surface area contributed by atoms with Crippen LogP contribution >= 0.6 is 0 Å². The number of hydrogen-bond donors (Lipinski definition) is 2. The van der Waals surface area contributed by atoms with Crippen molar-refractivity contribution in [3.8, 4) is 5.75 Å². The van der Waals surface area contributed by atoms with E-state index in [1.54, 1.807) is 30.3 Å². The van der Waals surface area contributed by atoms with Crippen LogP contribution in [0.25, 0.3) is 0 Å². The minimum Gasteiger partial charge on any atom is -0.480 e. The molecule has 8 nitrogen and oxygen atoms in total. The molecule has 2 amide bonds. The molecule has 0 bridgehead atoms. The number of ether oxygens (including phenoxy) is 1. The Morgan fingerprint density at radius 3 is 2.25 bits per heavy atom. The van der Waals surface area contributed by atoms with E-state index in [4.69, 9.17) is 0 Å². The Hall–Kier alpha value is -4.51. The lowest BCUT2D eigenvalue weighted by molar-refractivity contribution is -0.274. The summed E-state index contributed by atoms with van der Waals surface area (Å²) in [5.41, 5.74) is -0.717. The molecule has 4 atom stereocenters. The third-order valence-corrected chi connectivity index (χ3v) is 7.34. The van der Waals surface area contributed by atoms with Gasteiger partial charge in [-0.15, -0.1) is 13.2 Å². The number of alkyl halides is 3. The molecule has 2 aliphatic rings. The molecule has 0 aromatic heterocycles. The van der Waals surface area contributed by atoms with E-state index >= 15 is 0 Å². The first-order chi connectivity index (χ1) is 18.9. The van der Waals surface area contributed by atoms with Gasteiger partial charge in [-0.2, -0.15) is 0 Å². The third-order valence-electron chi connectivity index (χ3n) is 7.34. The Morgan fingerprint density at radius 2 is 1.65 bits per heavy atom. The number of rotatable bonds is 7. The van der Waals surface area contributed by atoms with Crippen molar-refractivity contribution in [2.45, 2.75) is 31.3 Å². The number of carboxylic acids is 1. The van der Waals surface area contributed by atoms with Gasteiger partial charge in [-0.25, -0.2) is 4.90 Å². The van der Waals surface area contributed by atoms with E-state index in [2.05, 4.69) is 10.1 Å². The molecule has 0 aliphatic carbocycles. The summed E-state index contributed by atoms with van der Waals surface area (Å²) in [6, 6.07) is 18.1. The van der Waals surface area contributed by atoms with Crippen molar-refractivity contribution in [2.75, 3.05) is 4.90 Å². The average molecular weight is 553 g/mol. The smallest absolute Gasteiger partial charge is 0.480 e. The zero-order chi connectivity index (χ0) is 28.8. The molecular formula is C29H23F3N2O6. The first-order valence-electron chi connectivity index (χ1n) is 12.3. The molecular weight excluding hydrogens is 529 g/mol. The number of benzene rings is 3. The maximum absolute atomic E-state index is 13.9. The molecule has 2 fully saturated rings. The van der Waals surface area contributed by atoms with Crippen LogP contribution in [0.3, 0.4) is 0 Å². The zero-order valence-electron chi connectivity index (χ0n) is 21.0. The molecule has 2 N–H and O–H groups in total. The number of amides is 2. The minimum atomic E-state index is -4.97. The lowest BCUT2D eigenvalue weighted by atomic mass is 9.76. The van der Waals surface area contributed by atoms with E-state index in [0.717, 1.165) is 17.0 Å². The predicted molar refractivity (Wildman–Crippen MR) is 135 cm³/mol. The molecule has 40 heavy (non-hydrogen) atoms. The molecule has 4 unspecified atom stereocenters. The Balaban J connectivity index is 1.62. The molecule has 2 heterocycles. The maximum Gasteiger partial charge on any atom is 0.573 e. The fourth-order valence-electron chi connectivity index (χ4n) is 5.65. The van der Waals surface area contributed by atoms with Gasteiger partial charge in [-0.1, -0.05) is 42.5 Å². The summed E-state index contributed by atoms with van der Waals surface area (Å²) in [5, 5.41) is 13.5. The fourth-order valence-corrected chi connectivity index (χ4v) is 5.65. The number of carbonyl (C=O) groups excluding carboxylic acids is 3. The lowest BCUT2D eigenvalue weighted by Gasteiger charge is -2.31. The minimum absolute atomic E-state index is 0.154. The van der Waals surface area contributed by atoms with Gasteiger partial charge in [-0.05, 0) is 54.4 Å². The quantitative estimate of drug-likeness (QED) is 0.332. The summed E-state index contributed by atoms with van der Waals surface area (Å²) in [5.74, 6) is -6.26. The largest absolute Gasteiger partial charge is 0.573 e. The number of ketones is 1. The highest BCUT2D eigenvalue weighted by molar-refractivity contribution is 6.24. The van der Waals surface area contributed by atoms with Gasteiger partial charge >= 0.3 is 12.3 Å². The third kappa shape index (κ3) is 4.73. The number of hydrogen-bond acceptors (Lipinski definition) is 6. The second kappa shape index (κ2) is 9.91. The van der Waals surface area contributed by atoms with Crippen molar-refractivity contribution in [3.63, 3.8) is 0 Å². The van der Waals surface area contributed by atoms with Crippen molar-refractivity contribution >= 4 is 29.3 Å². The van der Waals surface area contributed by atoms with Crippen molar-refractivity contribution < 1.29 is 42.2 Å². The van der Waals surface area contributed by atoms with Crippen molar-refractivity contribution in [1.82, 2.24) is 5.32 Å². The first kappa shape index (κ1) is 27.1. The Kier molecular flexibility index (Phi) is 6.70. The number of nitrogens with zero attached hydrogens (tertiary/aromatic N) is 1. The summed E-state index contributed by atoms with van der Waals surface area (Å²) in [6.07, 6.45) is -5.14. The van der Waals surface area contributed by atoms with E-state index in [1.165, 1.54) is 43.3 Å². The van der Waals surface area contributed by atoms with Gasteiger partial charge in [0.25, 0.3) is 0 Å². The topological polar surface area (TPSA) is 113 Å². The van der Waals surface area contributed by atoms with Crippen LogP contribution in [-0.2, 0) is 20.8 Å². The number of anilines is 1. The van der Waals surface area contributed by atoms with Crippen LogP contribution in [0.5, 0.6) is 5.75 Å². The Morgan fingerprint density at radius 1 is 0.975 bits per heavy atom. The number of fused-ring (bicyclic) bond motifs is 1. The van der Waals surface area contributed by atoms with Crippen molar-refractivity contribution in [2.24, 2.45) is 11.8 Å². The van der Waals surface area contributed by atoms with E-state index < -0.39 is 53.3 Å². The number of carboxylic acid groups (broad SMARTS) is 1. The SMILES string of the molecule is CC(=O)c1ccc(N2C(=O)C3C(c4cccc(OC(F)(F)F)c4)NC(Cc4ccccc4)(C(=O)O)C3C2=O)cc1. The molecule has 0 spiro atoms. The van der Waals surface area contributed by atoms with Gasteiger partial charge in [0.1, 0.15) is 11.3 Å². The van der Waals surface area contributed by atoms with E-state index in [0.29, 0.717) is 11.1 Å². The number of nitrogens with one attached hydrogen (secondary N) is 1. The second-order valence-corrected chi connectivity index (χ2v) is 9.80. The standard InChI is InChI=1S/C29H23F3N2O6/c1-16(35)18-10-12-20(13-11-18)34-25(36)22-23(26(34)37)28(27(38)39,15-17-6-3-2-4-7-17)33-24(22)19-8-5-9-21(14-19)40-29(30,31)32/h2-14,22-24,33H,15H2,1H3,(H,38,39). The van der Waals surface area contributed by atoms with Crippen LogP contribution in [0, 0.1) is 11.8 Å². The monoisotopic (exact) mass is 552 g/mol. The Labute approximate surface area is 226 Å². The molecule has 2 aliphatic heterocycles. The molecule has 0 radical (unpaired) electrons. The first-order valence-corrected chi connectivity index (χ1v) is 12.3. The number of carbonyl (C=O) groups is 4. The molecule has 0 saturated carbocycles. The van der Waals surface area contributed by atoms with Crippen LogP contribution in [0.2, 0.25) is 0 Å². The second-order valence-electron chi connectivity index (χ2n) is 9.80. The normalized spacial score (nSPS) is 24.2. The summed E-state index contributed by atoms with van der Waals surface area (Å²) >= 11 is 0. The van der Waals surface area contributed by atoms with Gasteiger partial charge in [0.15, 0.2) is 5.78 Å². The van der Waals surface area contributed by atoms with E-state index in [9.17, 15) is 37.5 Å². The van der Waals surface area contributed by atoms with Crippen LogP contribution in [-0.4, -0.2) is 40.6 Å². The highest BCUT2D eigenvalue weighted by Gasteiger charge is 2.68. The summed E-state index contributed by atoms with van der Waals surface area (Å²) in [4.78, 5) is 53.4. The van der Waals surface area contributed by atoms with Gasteiger partial charge in [0.05, 0.1) is 17.5 Å². The number of halogens is 3. The van der Waals surface area contributed by atoms with Crippen LogP contribution < -0.4 is 15.0 Å². The molecule has 11 heteroatoms. The average Bonchev–Trinajstić information content (AvgIpc) is 3.38. The molecule has 2 saturated heterocycles. The predicted octanol–water partition coefficient (Wildman–Crippen LogP) is 4.30. The van der Waals surface area contributed by atoms with Crippen LogP contribution in [0.4, 0.5) is 18.9 Å². The van der Waals surface area contributed by atoms with E-state index in [1.807, 2.05) is 0 Å². The number of aliphatic carboxylic acids is 1. The number of imide groups is 1. The van der Waals surface area contributed by atoms with Gasteiger partial charge < -0.3 is 9.84 Å². The molecule has 3 aromatic rings. The fraction of sp³-hybridized carbons (Fsp3) is 0.241. The summed E-state index contributed by atoms with van der Waals surface area (Å²) < 4.78 is 42.8. The van der Waals surface area contributed by atoms with Gasteiger partial charge in [0.2, 0.25) is 11.8 Å². The highest BCUT2D eigenvalue weighted by Crippen LogP contribution is 2.51. The maximum atomic E-state index is 13.9. The van der Waals surface area contributed by atoms with Crippen molar-refractivity contribution in [3.05, 3.63) is 95.6 Å². The molecule has 3 aromatic carbocycles. The number of Topliss-reactive ketones (excluding diaryl/α,β-unsaturated/α-hetero) is 1. The zero-order valence-corrected chi connectivity index (χ0v) is 21.0. The van der Waals surface area contributed by atoms with Crippen molar-refractivity contribution in [1.29, 1.82) is 0 Å². The molecule has 206 valence electrons. The van der Waals surface area contributed by atoms with Gasteiger partial charge in [0, 0.05) is 18.0 Å². The van der Waals surface area contributed by atoms with Crippen LogP contribution in [0.1, 0.15) is 34.5 Å². The lowest BCUT2D eigenvalue weighted by Crippen LogP contribution is -2.57. The molecule has 5 rings (SSSR count). The summed E-state index contributed by atoms with van der Waals surface area (Å²) in [7, 11) is 0. The Bertz CT molecular complexity index is 1490. The summed E-state index contributed by atoms with van der Waals surface area (Å²) in [6.45, 7) is 1.36. The highest BCUT2D eigenvalue weighted by atomic mass is 19.4. The van der Waals surface area contributed by atoms with Crippen LogP contribution in [0.15, 0.2) is 78.9 Å². The van der Waals surface area contributed by atoms with Gasteiger partial charge in [-0.3, -0.25) is 24.5 Å².